The standard InChI is InChI=1S/4C16H20N.3C15H18N/c2*1-11-8-6-7-9-15(11)16-10-12(2)13(3)14(4)17(16)5;2*1-11-8-6-7-9-15(11)16-13(3)10-12(2)14(4)17(16)5;2*1-11-8-9-14(13(3)12(11)2)15-7-5-6-10-16(15)4;1-11-9-12(2)13(3)14(10-11)15-7-5-6-8-16(15)4/h4*6-10H,1-5H3;3*5-10H,1-4H3/q7*+1/i2D3,3D3;;2D3,3D3;;1D3;;. The Labute approximate surface area is 720 Å². The third-order valence-electron chi connectivity index (χ3n) is 23.4. The molecule has 7 nitrogen and oxygen atoms in total. The fourth-order valence-electron chi connectivity index (χ4n) is 14.7. The average molecular weight is 1560 g/mol. The summed E-state index contributed by atoms with van der Waals surface area (Å²) in [6, 6.07) is 70.8. The van der Waals surface area contributed by atoms with E-state index in [2.05, 4.69) is 277 Å². The Morgan fingerprint density at radius 3 is 0.966 bits per heavy atom. The first-order chi connectivity index (χ1) is 60.9. The molecule has 0 aliphatic rings. The zero-order chi connectivity index (χ0) is 97.9. The highest BCUT2D eigenvalue weighted by atomic mass is 15.0. The van der Waals surface area contributed by atoms with Crippen molar-refractivity contribution in [3.05, 3.63) is 371 Å². The molecule has 0 spiro atoms. The van der Waals surface area contributed by atoms with E-state index in [9.17, 15) is 0 Å². The van der Waals surface area contributed by atoms with Crippen LogP contribution in [0.3, 0.4) is 0 Å². The lowest BCUT2D eigenvalue weighted by Gasteiger charge is -2.10. The molecule has 14 rings (SSSR count). The van der Waals surface area contributed by atoms with E-state index in [-0.39, 0.29) is 22.3 Å². The van der Waals surface area contributed by atoms with E-state index < -0.39 is 34.3 Å². The molecule has 0 amide bonds. The molecule has 7 aromatic heterocycles. The van der Waals surface area contributed by atoms with Crippen molar-refractivity contribution in [1.29, 1.82) is 0 Å². The predicted octanol–water partition coefficient (Wildman–Crippen LogP) is 23.0. The van der Waals surface area contributed by atoms with Gasteiger partial charge in [0.25, 0.3) is 0 Å². The van der Waals surface area contributed by atoms with Crippen molar-refractivity contribution in [3.63, 3.8) is 0 Å². The summed E-state index contributed by atoms with van der Waals surface area (Å²) in [6.45, 7) is 29.8. The van der Waals surface area contributed by atoms with Gasteiger partial charge in [0.15, 0.2) is 41.4 Å². The van der Waals surface area contributed by atoms with Crippen molar-refractivity contribution in [2.24, 2.45) is 49.3 Å². The first-order valence-electron chi connectivity index (χ1n) is 47.3. The molecule has 116 heavy (non-hydrogen) atoms. The first kappa shape index (κ1) is 70.0. The molecule has 0 fully saturated rings. The van der Waals surface area contributed by atoms with Crippen LogP contribution in [0.5, 0.6) is 0 Å². The third-order valence-corrected chi connectivity index (χ3v) is 23.4. The minimum absolute atomic E-state index is 0.0611. The molecule has 0 saturated heterocycles. The van der Waals surface area contributed by atoms with Gasteiger partial charge in [-0.3, -0.25) is 0 Å². The van der Waals surface area contributed by atoms with E-state index in [0.29, 0.717) is 28.3 Å². The number of nitrogens with zero attached hydrogens (tertiary/aromatic N) is 7. The molecule has 0 unspecified atom stereocenters. The summed E-state index contributed by atoms with van der Waals surface area (Å²) < 4.78 is 130. The highest BCUT2D eigenvalue weighted by Gasteiger charge is 2.24. The summed E-state index contributed by atoms with van der Waals surface area (Å²) in [6.07, 6.45) is 6.16. The molecule has 0 bridgehead atoms. The largest absolute Gasteiger partial charge is 0.215 e. The Bertz CT molecular complexity index is 6480. The van der Waals surface area contributed by atoms with Crippen LogP contribution in [0.1, 0.15) is 160 Å². The summed E-state index contributed by atoms with van der Waals surface area (Å²) >= 11 is 0. The average Bonchev–Trinajstić information content (AvgIpc) is 0.750. The van der Waals surface area contributed by atoms with E-state index in [1.54, 1.807) is 43.1 Å². The monoisotopic (exact) mass is 1560 g/mol. The Morgan fingerprint density at radius 2 is 0.543 bits per heavy atom. The van der Waals surface area contributed by atoms with Gasteiger partial charge in [0.2, 0.25) is 39.9 Å². The van der Waals surface area contributed by atoms with Gasteiger partial charge >= 0.3 is 0 Å². The van der Waals surface area contributed by atoms with Gasteiger partial charge in [-0.1, -0.05) is 96.6 Å². The van der Waals surface area contributed by atoms with Crippen molar-refractivity contribution < 1.29 is 52.5 Å². The van der Waals surface area contributed by atoms with Crippen LogP contribution in [-0.4, -0.2) is 0 Å². The maximum absolute atomic E-state index is 7.84. The lowest BCUT2D eigenvalue weighted by Crippen LogP contribution is -2.36. The molecule has 0 saturated carbocycles. The van der Waals surface area contributed by atoms with Crippen molar-refractivity contribution in [3.8, 4) is 78.8 Å². The van der Waals surface area contributed by atoms with E-state index in [1.807, 2.05) is 118 Å². The number of aromatic nitrogens is 7. The second-order valence-corrected chi connectivity index (χ2v) is 31.1. The topological polar surface area (TPSA) is 27.2 Å². The molecule has 598 valence electrons. The van der Waals surface area contributed by atoms with Crippen molar-refractivity contribution >= 4 is 0 Å². The van der Waals surface area contributed by atoms with Gasteiger partial charge in [-0.25, -0.2) is 13.7 Å². The normalized spacial score (nSPS) is 13.0. The number of aryl methyl sites for hydroxylation is 17. The molecule has 0 atom stereocenters. The molecule has 0 aliphatic heterocycles. The Kier molecular flexibility index (Phi) is 24.3. The van der Waals surface area contributed by atoms with Crippen LogP contribution < -0.4 is 32.0 Å². The SMILES string of the molecule is Cc1cc(C)c(C)c(-c2cccc[n+]2C)c1.Cc1ccc(-c2cccc[n+]2C)c(C)c1C.Cc1ccccc1-c1c(C)cc(C)c(C)[n+]1C.Cc1ccccc1-c1cc(C)c(C)c(C)[n+]1C.[2H]C([2H])([2H])c1cc(-c2ccccc2C)[n+](C)c(C)c1C([2H])([2H])[2H].[2H]C([2H])([2H])c1cc(C([2H])([2H])[2H])c(-c2ccccc2C)[n+](C)c1C.[2H]C([2H])([2H])c1ccc(-c2cccc[n+]2C)c(C)c1C. The van der Waals surface area contributed by atoms with Crippen LogP contribution in [0.15, 0.2) is 231 Å². The van der Waals surface area contributed by atoms with Crippen LogP contribution >= 0.6 is 0 Å². The molecule has 7 aromatic carbocycles. The van der Waals surface area contributed by atoms with Crippen LogP contribution in [0.25, 0.3) is 78.8 Å². The number of pyridine rings is 7. The summed E-state index contributed by atoms with van der Waals surface area (Å²) in [5.41, 5.74) is 39.6. The third kappa shape index (κ3) is 21.2. The smallest absolute Gasteiger partial charge is 0.201 e. The molecular formula is C109H134N7+7. The summed E-state index contributed by atoms with van der Waals surface area (Å²) in [4.78, 5) is 0. The zero-order valence-electron chi connectivity index (χ0n) is 89.1. The highest BCUT2D eigenvalue weighted by Crippen LogP contribution is 2.31. The van der Waals surface area contributed by atoms with Gasteiger partial charge in [-0.15, -0.1) is 0 Å². The Hall–Kier alpha value is -11.4. The highest BCUT2D eigenvalue weighted by molar-refractivity contribution is 5.69. The van der Waals surface area contributed by atoms with Crippen molar-refractivity contribution in [1.82, 2.24) is 0 Å². The van der Waals surface area contributed by atoms with Crippen LogP contribution in [-0.2, 0) is 49.3 Å². The molecule has 0 radical (unpaired) electrons. The van der Waals surface area contributed by atoms with E-state index in [4.69, 9.17) is 20.6 Å². The number of rotatable bonds is 7. The summed E-state index contributed by atoms with van der Waals surface area (Å²) in [5.74, 6) is 0. The molecule has 7 heteroatoms. The van der Waals surface area contributed by atoms with Gasteiger partial charge in [0.1, 0.15) is 49.3 Å². The van der Waals surface area contributed by atoms with Gasteiger partial charge in [-0.05, 0) is 296 Å². The van der Waals surface area contributed by atoms with E-state index >= 15 is 0 Å². The lowest BCUT2D eigenvalue weighted by atomic mass is 9.96. The van der Waals surface area contributed by atoms with Gasteiger partial charge in [0, 0.05) is 169 Å². The van der Waals surface area contributed by atoms with Crippen LogP contribution in [0.2, 0.25) is 0 Å². The second kappa shape index (κ2) is 40.2. The number of hydrogen-bond donors (Lipinski definition) is 0. The Morgan fingerprint density at radius 1 is 0.190 bits per heavy atom. The van der Waals surface area contributed by atoms with Crippen molar-refractivity contribution in [2.45, 2.75) is 173 Å². The van der Waals surface area contributed by atoms with E-state index in [0.717, 1.165) is 44.6 Å². The molecule has 0 N–H and O–H groups in total. The molecule has 14 aromatic rings. The fraction of sp³-hybridized carbons (Fsp3) is 0.294. The molecular weight excluding hydrogens is 1410 g/mol. The molecule has 7 heterocycles. The second-order valence-electron chi connectivity index (χ2n) is 31.1. The summed E-state index contributed by atoms with van der Waals surface area (Å²) in [5, 5.41) is 0. The van der Waals surface area contributed by atoms with Gasteiger partial charge < -0.3 is 0 Å². The molecule has 0 aliphatic carbocycles. The van der Waals surface area contributed by atoms with Crippen molar-refractivity contribution in [2.75, 3.05) is 0 Å². The Balaban J connectivity index is 0.000000189. The maximum atomic E-state index is 7.84. The summed E-state index contributed by atoms with van der Waals surface area (Å²) in [7, 11) is 13.9. The minimum Gasteiger partial charge on any atom is -0.201 e. The van der Waals surface area contributed by atoms with Crippen LogP contribution in [0, 0.1) is 173 Å². The van der Waals surface area contributed by atoms with Gasteiger partial charge in [-0.2, -0.15) is 18.3 Å². The van der Waals surface area contributed by atoms with Gasteiger partial charge in [0.05, 0.1) is 0 Å². The first-order valence-corrected chi connectivity index (χ1v) is 39.8. The van der Waals surface area contributed by atoms with E-state index in [1.165, 1.54) is 135 Å². The van der Waals surface area contributed by atoms with Crippen LogP contribution in [0.4, 0.5) is 0 Å². The maximum Gasteiger partial charge on any atom is 0.215 e. The minimum atomic E-state index is -2.49. The number of hydrogen-bond acceptors (Lipinski definition) is 0. The fourth-order valence-corrected chi connectivity index (χ4v) is 14.7. The number of benzene rings is 7. The quantitative estimate of drug-likeness (QED) is 0.142. The predicted molar refractivity (Wildman–Crippen MR) is 490 cm³/mol. The zero-order valence-corrected chi connectivity index (χ0v) is 74.1. The lowest BCUT2D eigenvalue weighted by molar-refractivity contribution is -0.667.